The quantitative estimate of drug-likeness (QED) is 0.573. The number of nitrogens with zero attached hydrogens (tertiary/aromatic N) is 1. The third kappa shape index (κ3) is 4.00. The molecule has 1 rings (SSSR count). The summed E-state index contributed by atoms with van der Waals surface area (Å²) in [4.78, 5) is 17.3. The number of carbonyl (C=O) groups excluding carboxylic acids is 1. The van der Waals surface area contributed by atoms with Crippen LogP contribution in [0.25, 0.3) is 0 Å². The van der Waals surface area contributed by atoms with E-state index >= 15 is 0 Å². The molecule has 1 aliphatic heterocycles. The van der Waals surface area contributed by atoms with Gasteiger partial charge in [-0.05, 0) is 0 Å². The van der Waals surface area contributed by atoms with Gasteiger partial charge in [0.05, 0.1) is 0 Å². The second kappa shape index (κ2) is 6.68. The number of rotatable bonds is 5. The molecule has 1 heterocycles. The van der Waals surface area contributed by atoms with Gasteiger partial charge in [-0.25, -0.2) is 0 Å². The van der Waals surface area contributed by atoms with Crippen molar-refractivity contribution in [2.24, 2.45) is 5.06 Å². The standard InChI is InChI=1S/C13H25BNO5Si/c1-8-9(16)10(17-5)11(12(18-8)19-15-14)20-21(6,7)13(2,3)4/h8,10-12H,1-7H3. The first-order chi connectivity index (χ1) is 9.55. The van der Waals surface area contributed by atoms with Crippen molar-refractivity contribution in [3.8, 4) is 0 Å². The monoisotopic (exact) mass is 314 g/mol. The summed E-state index contributed by atoms with van der Waals surface area (Å²) < 4.78 is 17.1. The molecular weight excluding hydrogens is 289 g/mol. The van der Waals surface area contributed by atoms with Crippen LogP contribution in [-0.4, -0.2) is 53.5 Å². The second-order valence-corrected chi connectivity index (χ2v) is 11.5. The molecule has 4 atom stereocenters. The van der Waals surface area contributed by atoms with Crippen molar-refractivity contribution in [2.75, 3.05) is 7.11 Å². The van der Waals surface area contributed by atoms with Crippen LogP contribution in [0.5, 0.6) is 0 Å². The van der Waals surface area contributed by atoms with Crippen molar-refractivity contribution in [1.82, 2.24) is 0 Å². The topological polar surface area (TPSA) is 66.4 Å². The maximum atomic E-state index is 12.2. The molecule has 1 radical (unpaired) electrons. The molecule has 0 aliphatic carbocycles. The summed E-state index contributed by atoms with van der Waals surface area (Å²) in [6.45, 7) is 12.1. The third-order valence-electron chi connectivity index (χ3n) is 4.24. The summed E-state index contributed by atoms with van der Waals surface area (Å²) >= 11 is 0. The zero-order valence-corrected chi connectivity index (χ0v) is 14.9. The van der Waals surface area contributed by atoms with Gasteiger partial charge in [-0.15, -0.1) is 0 Å². The molecule has 0 saturated carbocycles. The minimum absolute atomic E-state index is 0.0260. The average Bonchev–Trinajstić information content (AvgIpc) is 2.34. The first kappa shape index (κ1) is 18.5. The predicted octanol–water partition coefficient (Wildman–Crippen LogP) is 1.99. The predicted molar refractivity (Wildman–Crippen MR) is 81.5 cm³/mol. The van der Waals surface area contributed by atoms with Crippen molar-refractivity contribution in [2.45, 2.75) is 70.4 Å². The van der Waals surface area contributed by atoms with Gasteiger partial charge in [0.1, 0.15) is 0 Å². The van der Waals surface area contributed by atoms with Crippen LogP contribution in [0.2, 0.25) is 18.1 Å². The number of hydrogen-bond donors (Lipinski definition) is 0. The first-order valence-electron chi connectivity index (χ1n) is 7.01. The molecule has 4 unspecified atom stereocenters. The van der Waals surface area contributed by atoms with Gasteiger partial charge in [0.25, 0.3) is 0 Å². The van der Waals surface area contributed by atoms with Gasteiger partial charge in [-0.1, -0.05) is 0 Å². The van der Waals surface area contributed by atoms with Gasteiger partial charge in [-0.3, -0.25) is 0 Å². The molecular formula is C13H25BNO5Si. The molecule has 0 aromatic rings. The van der Waals surface area contributed by atoms with E-state index in [2.05, 4.69) is 38.9 Å². The van der Waals surface area contributed by atoms with E-state index in [9.17, 15) is 4.79 Å². The number of methoxy groups -OCH3 is 1. The van der Waals surface area contributed by atoms with Crippen LogP contribution < -0.4 is 0 Å². The Morgan fingerprint density at radius 3 is 2.33 bits per heavy atom. The van der Waals surface area contributed by atoms with Crippen LogP contribution in [0.3, 0.4) is 0 Å². The molecule has 119 valence electrons. The summed E-state index contributed by atoms with van der Waals surface area (Å²) in [5, 5.41) is 3.15. The van der Waals surface area contributed by atoms with Crippen LogP contribution in [0.1, 0.15) is 27.7 Å². The molecule has 1 fully saturated rings. The fraction of sp³-hybridized carbons (Fsp3) is 0.923. The molecule has 8 heteroatoms. The van der Waals surface area contributed by atoms with E-state index in [4.69, 9.17) is 26.4 Å². The number of hydrogen-bond acceptors (Lipinski definition) is 6. The Balaban J connectivity index is 3.06. The van der Waals surface area contributed by atoms with Crippen molar-refractivity contribution < 1.29 is 23.5 Å². The van der Waals surface area contributed by atoms with Crippen LogP contribution in [0, 0.1) is 0 Å². The van der Waals surface area contributed by atoms with Gasteiger partial charge in [0.15, 0.2) is 0 Å². The zero-order chi connectivity index (χ0) is 16.4. The number of Topliss-reactive ketones (excluding diaryl/α,β-unsaturated/α-hetero) is 1. The van der Waals surface area contributed by atoms with Crippen LogP contribution >= 0.6 is 0 Å². The molecule has 1 aliphatic rings. The number of ether oxygens (including phenoxy) is 2. The summed E-state index contributed by atoms with van der Waals surface area (Å²) in [5.74, 6) is -0.168. The van der Waals surface area contributed by atoms with Crippen molar-refractivity contribution in [1.29, 1.82) is 0 Å². The van der Waals surface area contributed by atoms with E-state index < -0.39 is 32.9 Å². The van der Waals surface area contributed by atoms with E-state index in [0.717, 1.165) is 0 Å². The molecule has 0 aromatic carbocycles. The minimum atomic E-state index is -2.15. The molecule has 0 bridgehead atoms. The Morgan fingerprint density at radius 1 is 1.33 bits per heavy atom. The summed E-state index contributed by atoms with van der Waals surface area (Å²) in [7, 11) is 4.41. The molecule has 0 spiro atoms. The number of carbonyl (C=O) groups is 1. The fourth-order valence-electron chi connectivity index (χ4n) is 1.91. The average molecular weight is 314 g/mol. The van der Waals surface area contributed by atoms with Gasteiger partial charge < -0.3 is 0 Å². The van der Waals surface area contributed by atoms with Crippen LogP contribution in [-0.2, 0) is 23.5 Å². The second-order valence-electron chi connectivity index (χ2n) is 6.76. The molecule has 6 nitrogen and oxygen atoms in total. The van der Waals surface area contributed by atoms with Crippen LogP contribution in [0.15, 0.2) is 5.06 Å². The summed E-state index contributed by atoms with van der Waals surface area (Å²) in [5.41, 5.74) is 0. The van der Waals surface area contributed by atoms with Gasteiger partial charge in [0.2, 0.25) is 0 Å². The third-order valence-corrected chi connectivity index (χ3v) is 8.72. The van der Waals surface area contributed by atoms with Gasteiger partial charge >= 0.3 is 128 Å². The zero-order valence-electron chi connectivity index (χ0n) is 13.9. The van der Waals surface area contributed by atoms with E-state index in [-0.39, 0.29) is 10.8 Å². The van der Waals surface area contributed by atoms with Crippen molar-refractivity contribution in [3.05, 3.63) is 0 Å². The maximum absolute atomic E-state index is 12.2. The first-order valence-corrected chi connectivity index (χ1v) is 9.92. The van der Waals surface area contributed by atoms with E-state index in [1.165, 1.54) is 7.11 Å². The normalized spacial score (nSPS) is 31.0. The Kier molecular flexibility index (Phi) is 5.88. The van der Waals surface area contributed by atoms with Crippen molar-refractivity contribution >= 4 is 21.7 Å². The Labute approximate surface area is 128 Å². The van der Waals surface area contributed by atoms with Crippen molar-refractivity contribution in [3.63, 3.8) is 0 Å². The molecule has 21 heavy (non-hydrogen) atoms. The summed E-state index contributed by atoms with van der Waals surface area (Å²) in [6.07, 6.45) is -2.95. The van der Waals surface area contributed by atoms with E-state index in [1.807, 2.05) is 0 Å². The molecule has 0 aromatic heterocycles. The fourth-order valence-corrected chi connectivity index (χ4v) is 3.18. The van der Waals surface area contributed by atoms with E-state index in [0.29, 0.717) is 0 Å². The Hall–Kier alpha value is -0.568. The molecule has 0 amide bonds. The van der Waals surface area contributed by atoms with Crippen LogP contribution in [0.4, 0.5) is 0 Å². The van der Waals surface area contributed by atoms with Gasteiger partial charge in [0, 0.05) is 0 Å². The number of ketones is 1. The Bertz CT molecular complexity index is 399. The summed E-state index contributed by atoms with van der Waals surface area (Å²) in [6, 6.07) is 0. The van der Waals surface area contributed by atoms with E-state index in [1.54, 1.807) is 6.92 Å². The molecule has 0 N–H and O–H groups in total. The van der Waals surface area contributed by atoms with Gasteiger partial charge in [-0.2, -0.15) is 0 Å². The molecule has 1 saturated heterocycles. The Morgan fingerprint density at radius 2 is 1.90 bits per heavy atom. The SMILES string of the molecule is [B]=NOC1OC(C)C(=O)C(OC)C1O[Si](C)(C)C(C)(C)C.